The predicted octanol–water partition coefficient (Wildman–Crippen LogP) is 4.27. The van der Waals surface area contributed by atoms with E-state index in [0.29, 0.717) is 6.20 Å². The SMILES string of the molecule is CC(Sc1ccc(C(F)(F)F)cn1)C(=O)Nc1ccc(F)c([N+](=O)[O-])c1. The van der Waals surface area contributed by atoms with Crippen molar-refractivity contribution in [1.82, 2.24) is 4.98 Å². The molecule has 2 rings (SSSR count). The Bertz CT molecular complexity index is 828. The van der Waals surface area contributed by atoms with Crippen LogP contribution >= 0.6 is 11.8 Å². The number of alkyl halides is 3. The van der Waals surface area contributed by atoms with E-state index in [1.807, 2.05) is 0 Å². The van der Waals surface area contributed by atoms with Crippen LogP contribution in [0.4, 0.5) is 28.9 Å². The van der Waals surface area contributed by atoms with E-state index in [-0.39, 0.29) is 10.7 Å². The first-order valence-corrected chi connectivity index (χ1v) is 7.90. The van der Waals surface area contributed by atoms with Crippen LogP contribution in [-0.2, 0) is 11.0 Å². The molecule has 0 spiro atoms. The number of nitrogens with one attached hydrogen (secondary N) is 1. The molecule has 1 unspecified atom stereocenters. The van der Waals surface area contributed by atoms with Gasteiger partial charge in [-0.25, -0.2) is 4.98 Å². The number of nitro groups is 1. The lowest BCUT2D eigenvalue weighted by Gasteiger charge is -2.12. The molecule has 1 aromatic heterocycles. The van der Waals surface area contributed by atoms with Gasteiger partial charge in [-0.3, -0.25) is 14.9 Å². The fraction of sp³-hybridized carbons (Fsp3) is 0.200. The summed E-state index contributed by atoms with van der Waals surface area (Å²) in [6, 6.07) is 4.88. The third-order valence-electron chi connectivity index (χ3n) is 3.14. The van der Waals surface area contributed by atoms with Crippen molar-refractivity contribution in [2.75, 3.05) is 5.32 Å². The average Bonchev–Trinajstić information content (AvgIpc) is 2.56. The molecule has 1 heterocycles. The van der Waals surface area contributed by atoms with Crippen LogP contribution in [0.2, 0.25) is 0 Å². The molecule has 26 heavy (non-hydrogen) atoms. The maximum absolute atomic E-state index is 13.3. The summed E-state index contributed by atoms with van der Waals surface area (Å²) in [6.07, 6.45) is -3.84. The lowest BCUT2D eigenvalue weighted by atomic mass is 10.2. The van der Waals surface area contributed by atoms with Crippen molar-refractivity contribution in [3.63, 3.8) is 0 Å². The van der Waals surface area contributed by atoms with Gasteiger partial charge in [-0.1, -0.05) is 11.8 Å². The quantitative estimate of drug-likeness (QED) is 0.357. The van der Waals surface area contributed by atoms with E-state index in [2.05, 4.69) is 10.3 Å². The second-order valence-electron chi connectivity index (χ2n) is 5.06. The number of aromatic nitrogens is 1. The largest absolute Gasteiger partial charge is 0.417 e. The van der Waals surface area contributed by atoms with Crippen LogP contribution in [-0.4, -0.2) is 21.1 Å². The molecule has 0 fully saturated rings. The van der Waals surface area contributed by atoms with Gasteiger partial charge >= 0.3 is 11.9 Å². The second-order valence-corrected chi connectivity index (χ2v) is 6.42. The molecular formula is C15H11F4N3O3S. The number of nitro benzene ring substituents is 1. The van der Waals surface area contributed by atoms with Gasteiger partial charge in [-0.2, -0.15) is 17.6 Å². The highest BCUT2D eigenvalue weighted by atomic mass is 32.2. The van der Waals surface area contributed by atoms with E-state index in [4.69, 9.17) is 0 Å². The topological polar surface area (TPSA) is 85.1 Å². The van der Waals surface area contributed by atoms with Crippen LogP contribution in [0.15, 0.2) is 41.6 Å². The molecule has 0 aliphatic heterocycles. The van der Waals surface area contributed by atoms with Crippen LogP contribution in [0.25, 0.3) is 0 Å². The number of thioether (sulfide) groups is 1. The van der Waals surface area contributed by atoms with Gasteiger partial charge in [0, 0.05) is 18.0 Å². The van der Waals surface area contributed by atoms with E-state index in [0.717, 1.165) is 42.1 Å². The Morgan fingerprint density at radius 3 is 2.54 bits per heavy atom. The van der Waals surface area contributed by atoms with Gasteiger partial charge in [-0.05, 0) is 31.2 Å². The van der Waals surface area contributed by atoms with E-state index in [1.54, 1.807) is 0 Å². The number of carbonyl (C=O) groups excluding carboxylic acids is 1. The summed E-state index contributed by atoms with van der Waals surface area (Å²) >= 11 is 0.905. The normalized spacial score (nSPS) is 12.5. The molecule has 0 radical (unpaired) electrons. The summed E-state index contributed by atoms with van der Waals surface area (Å²) < 4.78 is 50.7. The Morgan fingerprint density at radius 1 is 1.31 bits per heavy atom. The minimum Gasteiger partial charge on any atom is -0.325 e. The minimum absolute atomic E-state index is 0.0240. The van der Waals surface area contributed by atoms with E-state index in [1.165, 1.54) is 6.92 Å². The average molecular weight is 389 g/mol. The van der Waals surface area contributed by atoms with Crippen molar-refractivity contribution < 1.29 is 27.3 Å². The van der Waals surface area contributed by atoms with Crippen LogP contribution in [0.1, 0.15) is 12.5 Å². The Labute approximate surface area is 148 Å². The summed E-state index contributed by atoms with van der Waals surface area (Å²) in [7, 11) is 0. The number of benzene rings is 1. The van der Waals surface area contributed by atoms with Crippen molar-refractivity contribution in [2.24, 2.45) is 0 Å². The van der Waals surface area contributed by atoms with Crippen molar-refractivity contribution in [3.05, 3.63) is 58.0 Å². The van der Waals surface area contributed by atoms with Gasteiger partial charge in [0.05, 0.1) is 20.8 Å². The molecule has 2 aromatic rings. The second kappa shape index (κ2) is 7.68. The van der Waals surface area contributed by atoms with Crippen LogP contribution < -0.4 is 5.32 Å². The summed E-state index contributed by atoms with van der Waals surface area (Å²) in [5.41, 5.74) is -1.67. The highest BCUT2D eigenvalue weighted by Crippen LogP contribution is 2.30. The highest BCUT2D eigenvalue weighted by molar-refractivity contribution is 8.00. The van der Waals surface area contributed by atoms with Crippen molar-refractivity contribution in [1.29, 1.82) is 0 Å². The van der Waals surface area contributed by atoms with Gasteiger partial charge in [-0.15, -0.1) is 0 Å². The molecular weight excluding hydrogens is 378 g/mol. The predicted molar refractivity (Wildman–Crippen MR) is 86.2 cm³/mol. The number of amides is 1. The highest BCUT2D eigenvalue weighted by Gasteiger charge is 2.30. The molecule has 11 heteroatoms. The van der Waals surface area contributed by atoms with Crippen LogP contribution in [0.5, 0.6) is 0 Å². The zero-order valence-corrected chi connectivity index (χ0v) is 13.9. The molecule has 0 aliphatic rings. The van der Waals surface area contributed by atoms with Crippen LogP contribution in [0.3, 0.4) is 0 Å². The number of hydrogen-bond acceptors (Lipinski definition) is 5. The molecule has 0 saturated heterocycles. The van der Waals surface area contributed by atoms with Crippen LogP contribution in [0, 0.1) is 15.9 Å². The zero-order chi connectivity index (χ0) is 19.5. The molecule has 0 aliphatic carbocycles. The fourth-order valence-corrected chi connectivity index (χ4v) is 2.61. The first-order valence-electron chi connectivity index (χ1n) is 7.02. The van der Waals surface area contributed by atoms with Gasteiger partial charge in [0.25, 0.3) is 0 Å². The van der Waals surface area contributed by atoms with E-state index in [9.17, 15) is 32.5 Å². The Balaban J connectivity index is 2.04. The molecule has 1 aromatic carbocycles. The smallest absolute Gasteiger partial charge is 0.325 e. The molecule has 6 nitrogen and oxygen atoms in total. The van der Waals surface area contributed by atoms with Crippen molar-refractivity contribution >= 4 is 29.0 Å². The van der Waals surface area contributed by atoms with Crippen molar-refractivity contribution in [2.45, 2.75) is 23.4 Å². The summed E-state index contributed by atoms with van der Waals surface area (Å²) in [6.45, 7) is 1.48. The summed E-state index contributed by atoms with van der Waals surface area (Å²) in [4.78, 5) is 25.5. The Hall–Kier alpha value is -2.69. The van der Waals surface area contributed by atoms with E-state index >= 15 is 0 Å². The molecule has 1 N–H and O–H groups in total. The number of nitrogens with zero attached hydrogens (tertiary/aromatic N) is 2. The fourth-order valence-electron chi connectivity index (χ4n) is 1.83. The lowest BCUT2D eigenvalue weighted by molar-refractivity contribution is -0.387. The number of anilines is 1. The lowest BCUT2D eigenvalue weighted by Crippen LogP contribution is -2.22. The zero-order valence-electron chi connectivity index (χ0n) is 13.1. The summed E-state index contributed by atoms with van der Waals surface area (Å²) in [5, 5.41) is 12.5. The van der Waals surface area contributed by atoms with Crippen molar-refractivity contribution in [3.8, 4) is 0 Å². The number of hydrogen-bond donors (Lipinski definition) is 1. The standard InChI is InChI=1S/C15H11F4N3O3S/c1-8(26-13-5-2-9(7-20-13)15(17,18)19)14(23)21-10-3-4-11(16)12(6-10)22(24)25/h2-8H,1H3,(H,21,23). The molecule has 0 saturated carbocycles. The maximum Gasteiger partial charge on any atom is 0.417 e. The van der Waals surface area contributed by atoms with Gasteiger partial charge in [0.15, 0.2) is 0 Å². The molecule has 138 valence electrons. The van der Waals surface area contributed by atoms with Gasteiger partial charge < -0.3 is 5.32 Å². The molecule has 1 atom stereocenters. The number of halogens is 4. The third-order valence-corrected chi connectivity index (χ3v) is 4.19. The number of carbonyl (C=O) groups is 1. The van der Waals surface area contributed by atoms with Gasteiger partial charge in [0.1, 0.15) is 0 Å². The monoisotopic (exact) mass is 389 g/mol. The number of pyridine rings is 1. The third kappa shape index (κ3) is 4.91. The molecule has 0 bridgehead atoms. The maximum atomic E-state index is 13.3. The number of rotatable bonds is 5. The minimum atomic E-state index is -4.50. The van der Waals surface area contributed by atoms with Gasteiger partial charge in [0.2, 0.25) is 11.7 Å². The molecule has 1 amide bonds. The Morgan fingerprint density at radius 2 is 2.00 bits per heavy atom. The first kappa shape index (κ1) is 19.6. The first-order chi connectivity index (χ1) is 12.1. The van der Waals surface area contributed by atoms with E-state index < -0.39 is 39.3 Å². The Kier molecular flexibility index (Phi) is 5.80. The summed E-state index contributed by atoms with van der Waals surface area (Å²) in [5.74, 6) is -1.61.